The molecule has 0 fully saturated rings. The van der Waals surface area contributed by atoms with Gasteiger partial charge >= 0.3 is 0 Å². The molecule has 1 N–H and O–H groups in total. The fourth-order valence-electron chi connectivity index (χ4n) is 2.99. The molecule has 0 saturated carbocycles. The molecule has 3 heterocycles. The molecule has 1 atom stereocenters. The second kappa shape index (κ2) is 7.00. The Hall–Kier alpha value is -2.08. The molecular weight excluding hydrogens is 292 g/mol. The Bertz CT molecular complexity index is 633. The van der Waals surface area contributed by atoms with Gasteiger partial charge in [0.15, 0.2) is 0 Å². The molecule has 1 aliphatic rings. The highest BCUT2D eigenvalue weighted by molar-refractivity contribution is 5.77. The van der Waals surface area contributed by atoms with E-state index in [1.54, 1.807) is 6.26 Å². The van der Waals surface area contributed by atoms with Crippen LogP contribution in [0, 0.1) is 5.92 Å². The lowest BCUT2D eigenvalue weighted by Crippen LogP contribution is -2.39. The molecule has 0 aliphatic carbocycles. The lowest BCUT2D eigenvalue weighted by atomic mass is 10.1. The summed E-state index contributed by atoms with van der Waals surface area (Å²) in [4.78, 5) is 14.1. The third-order valence-corrected chi connectivity index (χ3v) is 4.21. The first-order chi connectivity index (χ1) is 11.1. The molecule has 6 nitrogen and oxygen atoms in total. The van der Waals surface area contributed by atoms with Crippen LogP contribution < -0.4 is 5.32 Å². The number of fused-ring (bicyclic) bond motifs is 1. The van der Waals surface area contributed by atoms with E-state index in [0.29, 0.717) is 6.54 Å². The average molecular weight is 316 g/mol. The molecule has 2 aromatic rings. The summed E-state index contributed by atoms with van der Waals surface area (Å²) < 4.78 is 7.56. The molecule has 1 aliphatic heterocycles. The molecule has 0 spiro atoms. The van der Waals surface area contributed by atoms with Crippen molar-refractivity contribution in [3.63, 3.8) is 0 Å². The second-order valence-electron chi connectivity index (χ2n) is 6.40. The number of carbonyl (C=O) groups excluding carboxylic acids is 1. The third kappa shape index (κ3) is 3.82. The van der Waals surface area contributed by atoms with E-state index >= 15 is 0 Å². The van der Waals surface area contributed by atoms with Crippen LogP contribution in [0.2, 0.25) is 0 Å². The highest BCUT2D eigenvalue weighted by Gasteiger charge is 2.25. The lowest BCUT2D eigenvalue weighted by Gasteiger charge is -2.33. The summed E-state index contributed by atoms with van der Waals surface area (Å²) in [5.41, 5.74) is 1.21. The Morgan fingerprint density at radius 3 is 3.09 bits per heavy atom. The third-order valence-electron chi connectivity index (χ3n) is 4.21. The molecule has 0 unspecified atom stereocenters. The minimum atomic E-state index is 0.0251. The van der Waals surface area contributed by atoms with Crippen molar-refractivity contribution in [2.75, 3.05) is 13.1 Å². The summed E-state index contributed by atoms with van der Waals surface area (Å²) in [6.07, 6.45) is 4.44. The van der Waals surface area contributed by atoms with E-state index in [1.165, 1.54) is 5.69 Å². The number of amides is 1. The largest absolute Gasteiger partial charge is 0.468 e. The van der Waals surface area contributed by atoms with Gasteiger partial charge in [-0.3, -0.25) is 14.4 Å². The predicted molar refractivity (Wildman–Crippen MR) is 86.6 cm³/mol. The van der Waals surface area contributed by atoms with E-state index in [9.17, 15) is 4.79 Å². The Kier molecular flexibility index (Phi) is 4.81. The highest BCUT2D eigenvalue weighted by Crippen LogP contribution is 2.24. The number of aromatic nitrogens is 2. The zero-order valence-corrected chi connectivity index (χ0v) is 13.7. The van der Waals surface area contributed by atoms with E-state index in [0.717, 1.165) is 31.8 Å². The molecule has 2 aromatic heterocycles. The molecule has 0 aromatic carbocycles. The van der Waals surface area contributed by atoms with Crippen LogP contribution in [0.3, 0.4) is 0 Å². The molecule has 6 heteroatoms. The Balaban J connectivity index is 1.61. The van der Waals surface area contributed by atoms with E-state index in [4.69, 9.17) is 4.42 Å². The van der Waals surface area contributed by atoms with E-state index < -0.39 is 0 Å². The number of rotatable bonds is 6. The van der Waals surface area contributed by atoms with Gasteiger partial charge in [-0.15, -0.1) is 0 Å². The van der Waals surface area contributed by atoms with Crippen LogP contribution in [0.15, 0.2) is 35.1 Å². The van der Waals surface area contributed by atoms with Crippen LogP contribution in [0.25, 0.3) is 0 Å². The minimum Gasteiger partial charge on any atom is -0.468 e. The number of hydrogen-bond acceptors (Lipinski definition) is 4. The van der Waals surface area contributed by atoms with Crippen molar-refractivity contribution in [2.24, 2.45) is 5.92 Å². The van der Waals surface area contributed by atoms with Crippen LogP contribution in [0.4, 0.5) is 0 Å². The Labute approximate surface area is 136 Å². The van der Waals surface area contributed by atoms with Crippen LogP contribution in [0.5, 0.6) is 0 Å². The topological polar surface area (TPSA) is 63.3 Å². The number of carbonyl (C=O) groups is 1. The first-order valence-electron chi connectivity index (χ1n) is 8.18. The van der Waals surface area contributed by atoms with Gasteiger partial charge in [0.1, 0.15) is 5.76 Å². The van der Waals surface area contributed by atoms with Crippen molar-refractivity contribution < 1.29 is 9.21 Å². The van der Waals surface area contributed by atoms with Crippen molar-refractivity contribution in [1.29, 1.82) is 0 Å². The van der Waals surface area contributed by atoms with E-state index in [-0.39, 0.29) is 17.9 Å². The zero-order valence-electron chi connectivity index (χ0n) is 13.7. The van der Waals surface area contributed by atoms with Gasteiger partial charge in [0.05, 0.1) is 24.5 Å². The molecule has 124 valence electrons. The molecule has 1 amide bonds. The van der Waals surface area contributed by atoms with Gasteiger partial charge in [-0.05, 0) is 24.6 Å². The van der Waals surface area contributed by atoms with E-state index in [2.05, 4.69) is 26.1 Å². The quantitative estimate of drug-likeness (QED) is 0.887. The average Bonchev–Trinajstić information content (AvgIpc) is 3.18. The monoisotopic (exact) mass is 316 g/mol. The first-order valence-corrected chi connectivity index (χ1v) is 8.18. The van der Waals surface area contributed by atoms with Crippen molar-refractivity contribution in [3.05, 3.63) is 42.1 Å². The fraction of sp³-hybridized carbons (Fsp3) is 0.529. The van der Waals surface area contributed by atoms with Gasteiger partial charge in [-0.1, -0.05) is 13.8 Å². The summed E-state index contributed by atoms with van der Waals surface area (Å²) in [6.45, 7) is 7.07. The number of nitrogens with one attached hydrogen (secondary N) is 1. The molecule has 0 radical (unpaired) electrons. The molecule has 0 bridgehead atoms. The normalized spacial score (nSPS) is 18.1. The standard InChI is InChI=1S/C17H24N4O2/c1-13(2)17(22)18-7-5-14-10-20(12-16-4-3-9-23-16)11-15-6-8-19-21(14)15/h3-4,6,8-9,13-14H,5,7,10-12H2,1-2H3,(H,18,22)/t14-/m0/s1. The van der Waals surface area contributed by atoms with Crippen LogP contribution >= 0.6 is 0 Å². The fourth-order valence-corrected chi connectivity index (χ4v) is 2.99. The summed E-state index contributed by atoms with van der Waals surface area (Å²) in [5.74, 6) is 1.11. The highest BCUT2D eigenvalue weighted by atomic mass is 16.3. The SMILES string of the molecule is CC(C)C(=O)NCC[C@H]1CN(Cc2ccco2)Cc2ccnn21. The van der Waals surface area contributed by atoms with Gasteiger partial charge in [0, 0.05) is 31.7 Å². The summed E-state index contributed by atoms with van der Waals surface area (Å²) in [5, 5.41) is 7.45. The predicted octanol–water partition coefficient (Wildman–Crippen LogP) is 2.20. The van der Waals surface area contributed by atoms with Gasteiger partial charge < -0.3 is 9.73 Å². The summed E-state index contributed by atoms with van der Waals surface area (Å²) >= 11 is 0. The number of nitrogens with zero attached hydrogens (tertiary/aromatic N) is 3. The zero-order chi connectivity index (χ0) is 16.2. The van der Waals surface area contributed by atoms with Crippen LogP contribution in [-0.4, -0.2) is 33.7 Å². The van der Waals surface area contributed by atoms with Gasteiger partial charge in [0.2, 0.25) is 5.91 Å². The first kappa shape index (κ1) is 15.8. The number of furan rings is 1. The molecular formula is C17H24N4O2. The number of hydrogen-bond donors (Lipinski definition) is 1. The van der Waals surface area contributed by atoms with E-state index in [1.807, 2.05) is 32.2 Å². The van der Waals surface area contributed by atoms with Gasteiger partial charge in [0.25, 0.3) is 0 Å². The van der Waals surface area contributed by atoms with Gasteiger partial charge in [-0.2, -0.15) is 5.10 Å². The molecule has 3 rings (SSSR count). The molecule has 0 saturated heterocycles. The minimum absolute atomic E-state index is 0.0251. The Morgan fingerprint density at radius 1 is 1.48 bits per heavy atom. The van der Waals surface area contributed by atoms with Gasteiger partial charge in [-0.25, -0.2) is 0 Å². The van der Waals surface area contributed by atoms with Crippen molar-refractivity contribution in [2.45, 2.75) is 39.4 Å². The van der Waals surface area contributed by atoms with Crippen molar-refractivity contribution in [1.82, 2.24) is 20.0 Å². The summed E-state index contributed by atoms with van der Waals surface area (Å²) in [7, 11) is 0. The lowest BCUT2D eigenvalue weighted by molar-refractivity contribution is -0.124. The maximum Gasteiger partial charge on any atom is 0.222 e. The maximum absolute atomic E-state index is 11.7. The van der Waals surface area contributed by atoms with Crippen molar-refractivity contribution in [3.8, 4) is 0 Å². The van der Waals surface area contributed by atoms with Crippen LogP contribution in [-0.2, 0) is 17.9 Å². The summed E-state index contributed by atoms with van der Waals surface area (Å²) in [6, 6.07) is 6.26. The smallest absolute Gasteiger partial charge is 0.222 e. The molecule has 23 heavy (non-hydrogen) atoms. The Morgan fingerprint density at radius 2 is 2.35 bits per heavy atom. The van der Waals surface area contributed by atoms with Crippen molar-refractivity contribution >= 4 is 5.91 Å². The van der Waals surface area contributed by atoms with Crippen LogP contribution in [0.1, 0.15) is 37.8 Å². The maximum atomic E-state index is 11.7. The second-order valence-corrected chi connectivity index (χ2v) is 6.40.